The van der Waals surface area contributed by atoms with Crippen molar-refractivity contribution in [2.45, 2.75) is 97.8 Å². The highest BCUT2D eigenvalue weighted by atomic mass is 16.5. The quantitative estimate of drug-likeness (QED) is 0.113. The van der Waals surface area contributed by atoms with Crippen molar-refractivity contribution in [3.8, 4) is 0 Å². The van der Waals surface area contributed by atoms with E-state index in [2.05, 4.69) is 92.6 Å². The summed E-state index contributed by atoms with van der Waals surface area (Å²) >= 11 is 0. The largest absolute Gasteiger partial charge is 0.550 e. The smallest absolute Gasteiger partial charge is 0.309 e. The van der Waals surface area contributed by atoms with Gasteiger partial charge in [0.1, 0.15) is 19.6 Å². The lowest BCUT2D eigenvalue weighted by Gasteiger charge is -2.37. The van der Waals surface area contributed by atoms with Crippen LogP contribution < -0.4 is 16.2 Å². The van der Waals surface area contributed by atoms with E-state index in [0.717, 1.165) is 45.2 Å². The normalized spacial score (nSPS) is 19.6. The third-order valence-corrected chi connectivity index (χ3v) is 13.3. The Labute approximate surface area is 350 Å². The molecule has 11 nitrogen and oxygen atoms in total. The average molecular weight is 808 g/mol. The molecule has 2 amide bonds. The summed E-state index contributed by atoms with van der Waals surface area (Å²) in [6, 6.07) is 17.4. The molecule has 2 aromatic rings. The zero-order valence-corrected chi connectivity index (χ0v) is 37.7. The van der Waals surface area contributed by atoms with Gasteiger partial charge in [-0.05, 0) is 94.7 Å². The minimum Gasteiger partial charge on any atom is -0.550 e. The van der Waals surface area contributed by atoms with Crippen LogP contribution in [0.2, 0.25) is 0 Å². The SMILES string of the molecule is CCC(CC(C(=O)[O-])C1CC(NC(=O)c2ccccc2)CC1CC(CC(C)C(=O)OC(C[N+](C)(C)CC)C[N+](C)(C)CC)c1ccc(C[N+](C)(C)CC)cc1)C(N)=O. The van der Waals surface area contributed by atoms with Gasteiger partial charge in [-0.3, -0.25) is 14.4 Å². The van der Waals surface area contributed by atoms with Crippen molar-refractivity contribution in [3.63, 3.8) is 0 Å². The van der Waals surface area contributed by atoms with Crippen molar-refractivity contribution in [1.82, 2.24) is 5.32 Å². The number of aliphatic carboxylic acids is 1. The van der Waals surface area contributed by atoms with Gasteiger partial charge in [-0.2, -0.15) is 0 Å². The number of nitrogens with zero attached hydrogens (tertiary/aromatic N) is 3. The standard InChI is InChI=1S/C47H75N5O6/c1-12-35(44(48)53)28-43(46(55)56)42-29-40(49-45(54)37-19-17-16-18-20-37)27-39(42)26-38(36-23-21-34(22-24-36)30-50(6,7)13-2)25-33(5)47(57)58-41(31-51(8,9)14-3)32-52(10,11)15-4/h16-24,33,35,38-43H,12-15,25-32H2,1-11H3,(H-3,48,49,53,54,55,56)/p+2. The van der Waals surface area contributed by atoms with Crippen LogP contribution in [0.25, 0.3) is 0 Å². The van der Waals surface area contributed by atoms with Gasteiger partial charge in [0.05, 0.1) is 67.8 Å². The number of esters is 1. The number of carbonyl (C=O) groups excluding carboxylic acids is 4. The lowest BCUT2D eigenvalue weighted by Crippen LogP contribution is -2.54. The molecular formula is C47H77N5O6+2. The fourth-order valence-corrected chi connectivity index (χ4v) is 8.67. The first-order valence-corrected chi connectivity index (χ1v) is 21.7. The fourth-order valence-electron chi connectivity index (χ4n) is 8.67. The molecule has 1 aliphatic rings. The first-order chi connectivity index (χ1) is 27.1. The van der Waals surface area contributed by atoms with Gasteiger partial charge >= 0.3 is 5.97 Å². The van der Waals surface area contributed by atoms with Crippen LogP contribution in [-0.2, 0) is 25.7 Å². The van der Waals surface area contributed by atoms with Crippen molar-refractivity contribution < 1.29 is 42.5 Å². The lowest BCUT2D eigenvalue weighted by molar-refractivity contribution is -0.912. The molecule has 0 aliphatic heterocycles. The number of benzene rings is 2. The molecular weight excluding hydrogens is 731 g/mol. The Bertz CT molecular complexity index is 1610. The Balaban J connectivity index is 2.02. The van der Waals surface area contributed by atoms with Crippen LogP contribution in [0.15, 0.2) is 54.6 Å². The number of rotatable bonds is 24. The summed E-state index contributed by atoms with van der Waals surface area (Å²) in [4.78, 5) is 52.9. The summed E-state index contributed by atoms with van der Waals surface area (Å²) < 4.78 is 8.72. The van der Waals surface area contributed by atoms with Crippen LogP contribution in [0.1, 0.15) is 101 Å². The number of carbonyl (C=O) groups is 4. The number of ether oxygens (including phenoxy) is 1. The third-order valence-electron chi connectivity index (χ3n) is 13.3. The van der Waals surface area contributed by atoms with Gasteiger partial charge in [0, 0.05) is 35.0 Å². The summed E-state index contributed by atoms with van der Waals surface area (Å²) in [5, 5.41) is 16.2. The van der Waals surface area contributed by atoms with E-state index in [1.165, 1.54) is 5.56 Å². The molecule has 7 unspecified atom stereocenters. The summed E-state index contributed by atoms with van der Waals surface area (Å²) in [6.45, 7) is 15.4. The van der Waals surface area contributed by atoms with E-state index in [-0.39, 0.29) is 48.2 Å². The van der Waals surface area contributed by atoms with Crippen LogP contribution in [0, 0.1) is 29.6 Å². The number of nitrogens with two attached hydrogens (primary N) is 1. The third kappa shape index (κ3) is 14.8. The van der Waals surface area contributed by atoms with Crippen molar-refractivity contribution in [3.05, 3.63) is 71.3 Å². The van der Waals surface area contributed by atoms with Crippen molar-refractivity contribution in [1.29, 1.82) is 0 Å². The van der Waals surface area contributed by atoms with Gasteiger partial charge in [-0.25, -0.2) is 0 Å². The first-order valence-electron chi connectivity index (χ1n) is 21.7. The highest BCUT2D eigenvalue weighted by molar-refractivity contribution is 5.94. The molecule has 3 rings (SSSR count). The Kier molecular flexibility index (Phi) is 18.0. The molecule has 1 aliphatic carbocycles. The maximum atomic E-state index is 14.1. The Hall–Kier alpha value is -3.80. The van der Waals surface area contributed by atoms with E-state index in [9.17, 15) is 24.3 Å². The summed E-state index contributed by atoms with van der Waals surface area (Å²) in [7, 11) is 13.1. The number of hydrogen-bond acceptors (Lipinski definition) is 6. The van der Waals surface area contributed by atoms with Crippen molar-refractivity contribution in [2.24, 2.45) is 35.3 Å². The van der Waals surface area contributed by atoms with Gasteiger partial charge in [0.25, 0.3) is 5.91 Å². The second kappa shape index (κ2) is 21.5. The molecule has 1 saturated carbocycles. The molecule has 7 atom stereocenters. The van der Waals surface area contributed by atoms with Gasteiger partial charge in [-0.15, -0.1) is 0 Å². The highest BCUT2D eigenvalue weighted by Gasteiger charge is 2.43. The number of carboxylic acids is 1. The zero-order chi connectivity index (χ0) is 43.4. The molecule has 2 aromatic carbocycles. The van der Waals surface area contributed by atoms with E-state index in [0.29, 0.717) is 50.8 Å². The van der Waals surface area contributed by atoms with Crippen LogP contribution in [0.5, 0.6) is 0 Å². The molecule has 324 valence electrons. The molecule has 3 N–H and O–H groups in total. The highest BCUT2D eigenvalue weighted by Crippen LogP contribution is 2.46. The van der Waals surface area contributed by atoms with E-state index < -0.39 is 29.6 Å². The maximum Gasteiger partial charge on any atom is 0.309 e. The van der Waals surface area contributed by atoms with E-state index >= 15 is 0 Å². The van der Waals surface area contributed by atoms with Gasteiger partial charge < -0.3 is 39.1 Å². The lowest BCUT2D eigenvalue weighted by atomic mass is 9.73. The Morgan fingerprint density at radius 2 is 1.38 bits per heavy atom. The summed E-state index contributed by atoms with van der Waals surface area (Å²) in [6.07, 6.45) is 2.36. The first kappa shape index (κ1) is 48.6. The fraction of sp³-hybridized carbons (Fsp3) is 0.660. The number of amides is 2. The summed E-state index contributed by atoms with van der Waals surface area (Å²) in [5.74, 6) is -4.74. The molecule has 0 radical (unpaired) electrons. The molecule has 0 bridgehead atoms. The predicted octanol–water partition coefficient (Wildman–Crippen LogP) is 4.98. The zero-order valence-electron chi connectivity index (χ0n) is 37.7. The predicted molar refractivity (Wildman–Crippen MR) is 229 cm³/mol. The molecule has 0 saturated heterocycles. The summed E-state index contributed by atoms with van der Waals surface area (Å²) in [5.41, 5.74) is 8.58. The molecule has 0 aromatic heterocycles. The molecule has 11 heteroatoms. The monoisotopic (exact) mass is 808 g/mol. The Morgan fingerprint density at radius 3 is 1.88 bits per heavy atom. The number of likely N-dealkylation sites (N-methyl/N-ethyl adjacent to an activating group) is 2. The second-order valence-corrected chi connectivity index (χ2v) is 19.2. The minimum atomic E-state index is -1.20. The second-order valence-electron chi connectivity index (χ2n) is 19.2. The van der Waals surface area contributed by atoms with Gasteiger partial charge in [0.15, 0.2) is 6.10 Å². The van der Waals surface area contributed by atoms with Crippen LogP contribution >= 0.6 is 0 Å². The van der Waals surface area contributed by atoms with Gasteiger partial charge in [0.2, 0.25) is 5.91 Å². The van der Waals surface area contributed by atoms with E-state index in [1.807, 2.05) is 32.0 Å². The Morgan fingerprint density at radius 1 is 0.810 bits per heavy atom. The number of nitrogens with one attached hydrogen (secondary N) is 1. The topological polar surface area (TPSA) is 139 Å². The van der Waals surface area contributed by atoms with Crippen LogP contribution in [-0.4, -0.2) is 124 Å². The van der Waals surface area contributed by atoms with E-state index in [4.69, 9.17) is 10.5 Å². The van der Waals surface area contributed by atoms with Crippen molar-refractivity contribution in [2.75, 3.05) is 75.0 Å². The molecule has 58 heavy (non-hydrogen) atoms. The van der Waals surface area contributed by atoms with Gasteiger partial charge in [-0.1, -0.05) is 56.3 Å². The number of carboxylic acid groups (broad SMARTS) is 1. The van der Waals surface area contributed by atoms with E-state index in [1.54, 1.807) is 12.1 Å². The molecule has 0 heterocycles. The number of quaternary nitrogens is 3. The number of primary amides is 1. The van der Waals surface area contributed by atoms with Crippen LogP contribution in [0.3, 0.4) is 0 Å². The van der Waals surface area contributed by atoms with Crippen LogP contribution in [0.4, 0.5) is 0 Å². The number of hydrogen-bond donors (Lipinski definition) is 2. The average Bonchev–Trinajstić information content (AvgIpc) is 3.55. The molecule has 1 fully saturated rings. The van der Waals surface area contributed by atoms with Crippen molar-refractivity contribution >= 4 is 23.8 Å². The maximum absolute atomic E-state index is 14.1. The minimum absolute atomic E-state index is 0.0862. The molecule has 0 spiro atoms.